The van der Waals surface area contributed by atoms with Gasteiger partial charge in [0.2, 0.25) is 0 Å². The number of esters is 1. The van der Waals surface area contributed by atoms with Crippen molar-refractivity contribution in [2.24, 2.45) is 0 Å². The fourth-order valence-corrected chi connectivity index (χ4v) is 1.51. The van der Waals surface area contributed by atoms with Crippen LogP contribution in [0.4, 0.5) is 0 Å². The molecule has 0 aliphatic rings. The molecule has 2 rings (SSSR count). The lowest BCUT2D eigenvalue weighted by Gasteiger charge is -2.08. The van der Waals surface area contributed by atoms with E-state index in [4.69, 9.17) is 16.3 Å². The summed E-state index contributed by atoms with van der Waals surface area (Å²) in [4.78, 5) is 19.5. The zero-order chi connectivity index (χ0) is 13.7. The van der Waals surface area contributed by atoms with E-state index in [-0.39, 0.29) is 12.3 Å². The van der Waals surface area contributed by atoms with E-state index in [1.165, 1.54) is 19.5 Å². The Morgan fingerprint density at radius 2 is 2.16 bits per heavy atom. The Hall–Kier alpha value is -2.14. The lowest BCUT2D eigenvalue weighted by molar-refractivity contribution is 0.0588. The van der Waals surface area contributed by atoms with Crippen molar-refractivity contribution in [2.75, 3.05) is 7.11 Å². The summed E-state index contributed by atoms with van der Waals surface area (Å²) in [7, 11) is 1.29. The number of hydrogen-bond donors (Lipinski definition) is 0. The lowest BCUT2D eigenvalue weighted by atomic mass is 10.3. The van der Waals surface area contributed by atoms with Gasteiger partial charge in [-0.05, 0) is 24.3 Å². The zero-order valence-electron chi connectivity index (χ0n) is 10.2. The van der Waals surface area contributed by atoms with E-state index >= 15 is 0 Å². The fourth-order valence-electron chi connectivity index (χ4n) is 1.40. The molecule has 0 saturated heterocycles. The van der Waals surface area contributed by atoms with Crippen LogP contribution >= 0.6 is 11.6 Å². The Morgan fingerprint density at radius 3 is 2.84 bits per heavy atom. The molecule has 19 heavy (non-hydrogen) atoms. The van der Waals surface area contributed by atoms with E-state index in [0.717, 1.165) is 0 Å². The average molecular weight is 279 g/mol. The van der Waals surface area contributed by atoms with Gasteiger partial charge in [-0.25, -0.2) is 9.78 Å². The maximum absolute atomic E-state index is 11.5. The zero-order valence-corrected chi connectivity index (χ0v) is 10.9. The first kappa shape index (κ1) is 13.3. The van der Waals surface area contributed by atoms with Crippen LogP contribution in [-0.2, 0) is 11.3 Å². The van der Waals surface area contributed by atoms with Crippen LogP contribution in [0.1, 0.15) is 16.2 Å². The van der Waals surface area contributed by atoms with Crippen molar-refractivity contribution < 1.29 is 14.3 Å². The number of nitrogens with zero attached hydrogens (tertiary/aromatic N) is 2. The van der Waals surface area contributed by atoms with Gasteiger partial charge in [-0.2, -0.15) is 0 Å². The minimum absolute atomic E-state index is 0.138. The minimum Gasteiger partial charge on any atom is -0.485 e. The molecule has 0 spiro atoms. The number of carbonyl (C=O) groups excluding carboxylic acids is 1. The molecule has 6 heteroatoms. The van der Waals surface area contributed by atoms with Crippen LogP contribution in [0.25, 0.3) is 0 Å². The van der Waals surface area contributed by atoms with E-state index < -0.39 is 5.97 Å². The second-order valence-corrected chi connectivity index (χ2v) is 4.03. The van der Waals surface area contributed by atoms with Gasteiger partial charge in [0.25, 0.3) is 0 Å². The first-order valence-corrected chi connectivity index (χ1v) is 5.85. The molecule has 2 aromatic heterocycles. The van der Waals surface area contributed by atoms with Gasteiger partial charge in [0, 0.05) is 12.4 Å². The summed E-state index contributed by atoms with van der Waals surface area (Å²) in [5, 5.41) is 0.556. The first-order chi connectivity index (χ1) is 9.20. The van der Waals surface area contributed by atoms with E-state index in [1.54, 1.807) is 24.3 Å². The quantitative estimate of drug-likeness (QED) is 0.804. The van der Waals surface area contributed by atoms with Crippen LogP contribution in [0.15, 0.2) is 36.7 Å². The Balaban J connectivity index is 2.11. The van der Waals surface area contributed by atoms with Crippen LogP contribution in [0.5, 0.6) is 5.75 Å². The Bertz CT molecular complexity index is 572. The summed E-state index contributed by atoms with van der Waals surface area (Å²) in [5.41, 5.74) is 0.836. The number of methoxy groups -OCH3 is 1. The number of rotatable bonds is 4. The monoisotopic (exact) mass is 278 g/mol. The standard InChI is InChI=1S/C13H11ClN2O3/c1-18-13(17)12-11(3-2-6-15-12)19-8-10-5-4-9(14)7-16-10/h2-7H,8H2,1H3. The van der Waals surface area contributed by atoms with Gasteiger partial charge in [-0.3, -0.25) is 4.98 Å². The maximum atomic E-state index is 11.5. The summed E-state index contributed by atoms with van der Waals surface area (Å²) >= 11 is 5.74. The molecule has 5 nitrogen and oxygen atoms in total. The van der Waals surface area contributed by atoms with Gasteiger partial charge < -0.3 is 9.47 Å². The van der Waals surface area contributed by atoms with E-state index in [0.29, 0.717) is 16.5 Å². The highest BCUT2D eigenvalue weighted by molar-refractivity contribution is 6.30. The molecule has 2 heterocycles. The SMILES string of the molecule is COC(=O)c1ncccc1OCc1ccc(Cl)cn1. The number of carbonyl (C=O) groups is 1. The molecule has 0 radical (unpaired) electrons. The van der Waals surface area contributed by atoms with Gasteiger partial charge in [-0.15, -0.1) is 0 Å². The van der Waals surface area contributed by atoms with Crippen LogP contribution in [0.3, 0.4) is 0 Å². The summed E-state index contributed by atoms with van der Waals surface area (Å²) in [6.45, 7) is 0.215. The molecule has 2 aromatic rings. The van der Waals surface area contributed by atoms with Crippen molar-refractivity contribution in [3.8, 4) is 5.75 Å². The van der Waals surface area contributed by atoms with E-state index in [9.17, 15) is 4.79 Å². The summed E-state index contributed by atoms with van der Waals surface area (Å²) in [5.74, 6) is -0.189. The number of pyridine rings is 2. The third-order valence-electron chi connectivity index (χ3n) is 2.31. The normalized spacial score (nSPS) is 10.0. The highest BCUT2D eigenvalue weighted by Crippen LogP contribution is 2.17. The Kier molecular flexibility index (Phi) is 4.30. The van der Waals surface area contributed by atoms with Crippen LogP contribution in [0, 0.1) is 0 Å². The molecule has 0 aliphatic carbocycles. The second kappa shape index (κ2) is 6.15. The molecular weight excluding hydrogens is 268 g/mol. The maximum Gasteiger partial charge on any atom is 0.360 e. The van der Waals surface area contributed by atoms with Gasteiger partial charge in [-0.1, -0.05) is 11.6 Å². The highest BCUT2D eigenvalue weighted by Gasteiger charge is 2.14. The smallest absolute Gasteiger partial charge is 0.360 e. The number of halogens is 1. The average Bonchev–Trinajstić information content (AvgIpc) is 2.46. The second-order valence-electron chi connectivity index (χ2n) is 3.60. The van der Waals surface area contributed by atoms with Gasteiger partial charge in [0.15, 0.2) is 11.4 Å². The molecular formula is C13H11ClN2O3. The predicted molar refractivity (Wildman–Crippen MR) is 69.2 cm³/mol. The molecule has 0 atom stereocenters. The van der Waals surface area contributed by atoms with Crippen LogP contribution < -0.4 is 4.74 Å². The van der Waals surface area contributed by atoms with Gasteiger partial charge >= 0.3 is 5.97 Å². The molecule has 0 amide bonds. The van der Waals surface area contributed by atoms with E-state index in [1.807, 2.05) is 0 Å². The summed E-state index contributed by atoms with van der Waals surface area (Å²) < 4.78 is 10.1. The third-order valence-corrected chi connectivity index (χ3v) is 2.54. The number of aromatic nitrogens is 2. The topological polar surface area (TPSA) is 61.3 Å². The summed E-state index contributed by atoms with van der Waals surface area (Å²) in [6.07, 6.45) is 3.03. The van der Waals surface area contributed by atoms with Crippen molar-refractivity contribution >= 4 is 17.6 Å². The van der Waals surface area contributed by atoms with Crippen molar-refractivity contribution in [1.82, 2.24) is 9.97 Å². The molecule has 0 aromatic carbocycles. The van der Waals surface area contributed by atoms with Crippen molar-refractivity contribution in [3.63, 3.8) is 0 Å². The molecule has 0 fully saturated rings. The summed E-state index contributed by atoms with van der Waals surface area (Å²) in [6, 6.07) is 6.79. The Labute approximate surface area is 115 Å². The van der Waals surface area contributed by atoms with Crippen molar-refractivity contribution in [3.05, 3.63) is 53.1 Å². The molecule has 0 aliphatic heterocycles. The van der Waals surface area contributed by atoms with Crippen molar-refractivity contribution in [2.45, 2.75) is 6.61 Å². The number of hydrogen-bond acceptors (Lipinski definition) is 5. The first-order valence-electron chi connectivity index (χ1n) is 5.47. The van der Waals surface area contributed by atoms with Crippen molar-refractivity contribution in [1.29, 1.82) is 0 Å². The van der Waals surface area contributed by atoms with Gasteiger partial charge in [0.1, 0.15) is 6.61 Å². The molecule has 0 saturated carbocycles. The minimum atomic E-state index is -0.542. The predicted octanol–water partition coefficient (Wildman–Crippen LogP) is 2.50. The largest absolute Gasteiger partial charge is 0.485 e. The van der Waals surface area contributed by atoms with Crippen LogP contribution in [0.2, 0.25) is 5.02 Å². The molecule has 0 N–H and O–H groups in total. The molecule has 0 bridgehead atoms. The highest BCUT2D eigenvalue weighted by atomic mass is 35.5. The van der Waals surface area contributed by atoms with Gasteiger partial charge in [0.05, 0.1) is 17.8 Å². The molecule has 98 valence electrons. The molecule has 0 unspecified atom stereocenters. The lowest BCUT2D eigenvalue weighted by Crippen LogP contribution is -2.08. The fraction of sp³-hybridized carbons (Fsp3) is 0.154. The van der Waals surface area contributed by atoms with E-state index in [2.05, 4.69) is 14.7 Å². The number of ether oxygens (including phenoxy) is 2. The Morgan fingerprint density at radius 1 is 1.32 bits per heavy atom. The third kappa shape index (κ3) is 3.42. The van der Waals surface area contributed by atoms with Crippen LogP contribution in [-0.4, -0.2) is 23.0 Å².